The molecule has 1 N–H and O–H groups in total. The molecule has 0 amide bonds. The molecule has 0 fully saturated rings. The van der Waals surface area contributed by atoms with Crippen molar-refractivity contribution in [3.8, 4) is 5.75 Å². The molecule has 3 aromatic rings. The van der Waals surface area contributed by atoms with Crippen molar-refractivity contribution >= 4 is 33.6 Å². The van der Waals surface area contributed by atoms with Gasteiger partial charge in [-0.15, -0.1) is 0 Å². The minimum Gasteiger partial charge on any atom is -0.497 e. The highest BCUT2D eigenvalue weighted by Gasteiger charge is 2.51. The first kappa shape index (κ1) is 26.3. The first-order valence-electron chi connectivity index (χ1n) is 11.5. The van der Waals surface area contributed by atoms with Gasteiger partial charge in [-0.05, 0) is 59.1 Å². The van der Waals surface area contributed by atoms with E-state index in [-0.39, 0.29) is 25.6 Å². The zero-order valence-electron chi connectivity index (χ0n) is 20.1. The molecule has 7 heteroatoms. The van der Waals surface area contributed by atoms with Gasteiger partial charge in [0.15, 0.2) is 0 Å². The maximum atomic E-state index is 13.6. The fourth-order valence-corrected chi connectivity index (χ4v) is 4.43. The number of ether oxygens (including phenoxy) is 3. The van der Waals surface area contributed by atoms with Crippen LogP contribution in [0, 0.1) is 0 Å². The molecule has 6 nitrogen and oxygen atoms in total. The summed E-state index contributed by atoms with van der Waals surface area (Å²) < 4.78 is 16.8. The highest BCUT2D eigenvalue weighted by atomic mass is 79.9. The van der Waals surface area contributed by atoms with Crippen molar-refractivity contribution in [1.29, 1.82) is 0 Å². The topological polar surface area (TPSA) is 73.9 Å². The Labute approximate surface area is 214 Å². The van der Waals surface area contributed by atoms with Crippen LogP contribution < -0.4 is 10.1 Å². The number of hydrogen-bond acceptors (Lipinski definition) is 6. The molecule has 0 saturated carbocycles. The van der Waals surface area contributed by atoms with Crippen molar-refractivity contribution in [2.75, 3.05) is 25.6 Å². The van der Waals surface area contributed by atoms with E-state index in [4.69, 9.17) is 14.2 Å². The predicted octanol–water partition coefficient (Wildman–Crippen LogP) is 5.96. The van der Waals surface area contributed by atoms with Crippen LogP contribution in [0.25, 0.3) is 0 Å². The summed E-state index contributed by atoms with van der Waals surface area (Å²) in [5.41, 5.74) is 0.658. The summed E-state index contributed by atoms with van der Waals surface area (Å²) in [6.45, 7) is 3.66. The number of methoxy groups -OCH3 is 1. The third kappa shape index (κ3) is 6.22. The fraction of sp³-hybridized carbons (Fsp3) is 0.286. The molecule has 35 heavy (non-hydrogen) atoms. The molecule has 0 bridgehead atoms. The first-order chi connectivity index (χ1) is 16.9. The number of benzene rings is 3. The summed E-state index contributed by atoms with van der Waals surface area (Å²) in [4.78, 5) is 27.2. The number of carbonyl (C=O) groups excluding carboxylic acids is 2. The van der Waals surface area contributed by atoms with Gasteiger partial charge in [-0.1, -0.05) is 60.7 Å². The second-order valence-electron chi connectivity index (χ2n) is 7.90. The lowest BCUT2D eigenvalue weighted by molar-refractivity contribution is -0.163. The van der Waals surface area contributed by atoms with Crippen LogP contribution in [-0.2, 0) is 19.1 Å². The van der Waals surface area contributed by atoms with Gasteiger partial charge >= 0.3 is 11.9 Å². The van der Waals surface area contributed by atoms with Gasteiger partial charge in [-0.25, -0.2) is 9.59 Å². The second-order valence-corrected chi connectivity index (χ2v) is 8.75. The molecule has 0 heterocycles. The number of halogens is 1. The van der Waals surface area contributed by atoms with Crippen LogP contribution in [-0.4, -0.2) is 37.8 Å². The van der Waals surface area contributed by atoms with E-state index in [1.807, 2.05) is 60.7 Å². The van der Waals surface area contributed by atoms with Gasteiger partial charge in [-0.2, -0.15) is 0 Å². The van der Waals surface area contributed by atoms with Crippen molar-refractivity contribution in [3.05, 3.63) is 94.5 Å². The van der Waals surface area contributed by atoms with Gasteiger partial charge in [0.2, 0.25) is 5.54 Å². The van der Waals surface area contributed by atoms with Crippen molar-refractivity contribution in [1.82, 2.24) is 0 Å². The van der Waals surface area contributed by atoms with E-state index in [9.17, 15) is 9.59 Å². The molecule has 184 valence electrons. The van der Waals surface area contributed by atoms with Crippen molar-refractivity contribution in [2.24, 2.45) is 0 Å². The maximum Gasteiger partial charge on any atom is 0.343 e. The Morgan fingerprint density at radius 2 is 1.37 bits per heavy atom. The lowest BCUT2D eigenvalue weighted by Crippen LogP contribution is -2.56. The Bertz CT molecular complexity index is 1060. The second kappa shape index (κ2) is 12.4. The van der Waals surface area contributed by atoms with Gasteiger partial charge in [0, 0.05) is 16.8 Å². The monoisotopic (exact) mass is 539 g/mol. The first-order valence-corrected chi connectivity index (χ1v) is 12.3. The maximum absolute atomic E-state index is 13.6. The van der Waals surface area contributed by atoms with E-state index in [0.29, 0.717) is 15.9 Å². The highest BCUT2D eigenvalue weighted by molar-refractivity contribution is 9.10. The quantitative estimate of drug-likeness (QED) is 0.239. The van der Waals surface area contributed by atoms with Crippen LogP contribution in [0.15, 0.2) is 83.3 Å². The summed E-state index contributed by atoms with van der Waals surface area (Å²) in [5.74, 6) is -1.06. The SMILES string of the molecule is CCOC(=O)C(CC(c1ccccc1)c1ccccc1)(Nc1ccc(OC)cc1Br)C(=O)OCC. The van der Waals surface area contributed by atoms with Gasteiger partial charge in [0.05, 0.1) is 26.0 Å². The molecule has 3 aromatic carbocycles. The van der Waals surface area contributed by atoms with Crippen molar-refractivity contribution in [2.45, 2.75) is 31.7 Å². The average Bonchev–Trinajstić information content (AvgIpc) is 2.88. The zero-order chi connectivity index (χ0) is 25.3. The van der Waals surface area contributed by atoms with E-state index in [1.54, 1.807) is 39.2 Å². The van der Waals surface area contributed by atoms with E-state index >= 15 is 0 Å². The summed E-state index contributed by atoms with van der Waals surface area (Å²) in [7, 11) is 1.57. The van der Waals surface area contributed by atoms with Crippen LogP contribution in [0.1, 0.15) is 37.3 Å². The molecule has 0 unspecified atom stereocenters. The molecule has 0 aromatic heterocycles. The Morgan fingerprint density at radius 3 is 1.80 bits per heavy atom. The lowest BCUT2D eigenvalue weighted by Gasteiger charge is -2.34. The molecule has 0 spiro atoms. The highest BCUT2D eigenvalue weighted by Crippen LogP contribution is 2.38. The van der Waals surface area contributed by atoms with E-state index in [2.05, 4.69) is 21.2 Å². The summed E-state index contributed by atoms with van der Waals surface area (Å²) in [6.07, 6.45) is 0.0805. The smallest absolute Gasteiger partial charge is 0.343 e. The third-order valence-corrected chi connectivity index (χ3v) is 6.34. The third-order valence-electron chi connectivity index (χ3n) is 5.69. The molecule has 3 rings (SSSR count). The molecule has 0 atom stereocenters. The molecular weight excluding hydrogens is 510 g/mol. The van der Waals surface area contributed by atoms with Crippen LogP contribution in [0.5, 0.6) is 5.75 Å². The Morgan fingerprint density at radius 1 is 0.857 bits per heavy atom. The molecule has 0 aliphatic rings. The van der Waals surface area contributed by atoms with Crippen molar-refractivity contribution in [3.63, 3.8) is 0 Å². The number of anilines is 1. The molecule has 0 radical (unpaired) electrons. The Kier molecular flexibility index (Phi) is 9.32. The zero-order valence-corrected chi connectivity index (χ0v) is 21.7. The summed E-state index contributed by atoms with van der Waals surface area (Å²) in [6, 6.07) is 24.8. The predicted molar refractivity (Wildman–Crippen MR) is 140 cm³/mol. The number of nitrogens with one attached hydrogen (secondary N) is 1. The van der Waals surface area contributed by atoms with Gasteiger partial charge in [0.25, 0.3) is 0 Å². The van der Waals surface area contributed by atoms with Gasteiger partial charge < -0.3 is 19.5 Å². The van der Waals surface area contributed by atoms with E-state index < -0.39 is 17.5 Å². The Balaban J connectivity index is 2.17. The molecule has 0 saturated heterocycles. The molecule has 0 aliphatic heterocycles. The number of esters is 2. The Hall–Kier alpha value is -3.32. The molecule has 0 aliphatic carbocycles. The standard InChI is InChI=1S/C28H30BrNO5/c1-4-34-26(31)28(27(32)35-5-2,30-25-17-16-22(33-3)18-24(25)29)19-23(20-12-8-6-9-13-20)21-14-10-7-11-15-21/h6-18,23,30H,4-5,19H2,1-3H3. The lowest BCUT2D eigenvalue weighted by atomic mass is 9.79. The van der Waals surface area contributed by atoms with E-state index in [1.165, 1.54) is 0 Å². The normalized spacial score (nSPS) is 11.1. The van der Waals surface area contributed by atoms with Crippen LogP contribution in [0.3, 0.4) is 0 Å². The van der Waals surface area contributed by atoms with Gasteiger partial charge in [0.1, 0.15) is 5.75 Å². The van der Waals surface area contributed by atoms with Crippen LogP contribution in [0.2, 0.25) is 0 Å². The largest absolute Gasteiger partial charge is 0.497 e. The van der Waals surface area contributed by atoms with Crippen LogP contribution >= 0.6 is 15.9 Å². The number of rotatable bonds is 11. The van der Waals surface area contributed by atoms with Gasteiger partial charge in [-0.3, -0.25) is 0 Å². The van der Waals surface area contributed by atoms with Crippen LogP contribution in [0.4, 0.5) is 5.69 Å². The average molecular weight is 540 g/mol. The van der Waals surface area contributed by atoms with E-state index in [0.717, 1.165) is 11.1 Å². The minimum atomic E-state index is -1.81. The minimum absolute atomic E-state index is 0.0805. The summed E-state index contributed by atoms with van der Waals surface area (Å²) >= 11 is 3.53. The fourth-order valence-electron chi connectivity index (χ4n) is 3.97. The summed E-state index contributed by atoms with van der Waals surface area (Å²) in [5, 5.41) is 3.20. The number of carbonyl (C=O) groups is 2. The molecular formula is C28H30BrNO5. The van der Waals surface area contributed by atoms with Crippen molar-refractivity contribution < 1.29 is 23.8 Å². The number of hydrogen-bond donors (Lipinski definition) is 1.